The molecule has 0 aliphatic rings. The van der Waals surface area contributed by atoms with Gasteiger partial charge in [-0.05, 0) is 24.1 Å². The highest BCUT2D eigenvalue weighted by Gasteiger charge is 2.04. The average Bonchev–Trinajstić information content (AvgIpc) is 2.65. The number of H-pyrrole nitrogens is 1. The van der Waals surface area contributed by atoms with E-state index in [0.29, 0.717) is 23.9 Å². The van der Waals surface area contributed by atoms with Gasteiger partial charge in [-0.2, -0.15) is 0 Å². The molecule has 0 saturated heterocycles. The van der Waals surface area contributed by atoms with E-state index in [1.54, 1.807) is 6.20 Å². The molecule has 0 aromatic carbocycles. The summed E-state index contributed by atoms with van der Waals surface area (Å²) in [6.07, 6.45) is 6.03. The zero-order valence-electron chi connectivity index (χ0n) is 9.35. The van der Waals surface area contributed by atoms with E-state index in [0.717, 1.165) is 12.0 Å². The van der Waals surface area contributed by atoms with Crippen molar-refractivity contribution in [3.05, 3.63) is 35.7 Å². The van der Waals surface area contributed by atoms with E-state index >= 15 is 0 Å². The maximum Gasteiger partial charge on any atom is 0.0887 e. The number of aromatic nitrogens is 1. The fourth-order valence-electron chi connectivity index (χ4n) is 1.25. The molecule has 0 saturated carbocycles. The first-order valence-electron chi connectivity index (χ1n) is 5.07. The Morgan fingerprint density at radius 2 is 1.80 bits per heavy atom. The molecule has 3 heteroatoms. The lowest BCUT2D eigenvalue weighted by Gasteiger charge is -1.94. The number of aromatic amines is 1. The van der Waals surface area contributed by atoms with Crippen molar-refractivity contribution in [3.63, 3.8) is 0 Å². The van der Waals surface area contributed by atoms with Gasteiger partial charge < -0.3 is 4.98 Å². The highest BCUT2D eigenvalue weighted by molar-refractivity contribution is 5.65. The van der Waals surface area contributed by atoms with Gasteiger partial charge in [0.05, 0.1) is 12.7 Å². The number of rotatable bonds is 3. The number of hydrogen-bond donors (Lipinski definition) is 1. The third-order valence-corrected chi connectivity index (χ3v) is 1.88. The Hall–Kier alpha value is -1.38. The third-order valence-electron chi connectivity index (χ3n) is 1.88. The van der Waals surface area contributed by atoms with Crippen LogP contribution in [0.5, 0.6) is 0 Å². The lowest BCUT2D eigenvalue weighted by Crippen LogP contribution is -1.80. The van der Waals surface area contributed by atoms with Crippen molar-refractivity contribution in [3.8, 4) is 0 Å². The van der Waals surface area contributed by atoms with Crippen LogP contribution >= 0.6 is 0 Å². The van der Waals surface area contributed by atoms with E-state index in [1.165, 1.54) is 12.2 Å². The van der Waals surface area contributed by atoms with Crippen LogP contribution in [0.3, 0.4) is 0 Å². The van der Waals surface area contributed by atoms with Crippen LogP contribution < -0.4 is 0 Å². The van der Waals surface area contributed by atoms with Gasteiger partial charge in [0, 0.05) is 17.5 Å². The van der Waals surface area contributed by atoms with Crippen LogP contribution in [0, 0.1) is 0 Å². The Bertz CT molecular complexity index is 324. The van der Waals surface area contributed by atoms with Crippen LogP contribution in [-0.4, -0.2) is 4.98 Å². The SMILES string of the molecule is CC.CCc1c[nH]c(/C=C/F)c1/C=C/F. The molecular weight excluding hydrogens is 196 g/mol. The summed E-state index contributed by atoms with van der Waals surface area (Å²) in [5.41, 5.74) is 2.27. The van der Waals surface area contributed by atoms with E-state index in [4.69, 9.17) is 0 Å². The average molecular weight is 213 g/mol. The van der Waals surface area contributed by atoms with Crippen molar-refractivity contribution < 1.29 is 8.78 Å². The standard InChI is InChI=1S/C10H11F2N.C2H6/c1-2-8-7-13-10(4-6-12)9(8)3-5-11;1-2/h3-7,13H,2H2,1H3;1-2H3/b5-3+,6-4+;. The first-order chi connectivity index (χ1) is 7.33. The van der Waals surface area contributed by atoms with E-state index in [1.807, 2.05) is 20.8 Å². The maximum atomic E-state index is 12.0. The Morgan fingerprint density at radius 1 is 1.20 bits per heavy atom. The first-order valence-corrected chi connectivity index (χ1v) is 5.07. The summed E-state index contributed by atoms with van der Waals surface area (Å²) in [4.78, 5) is 2.87. The summed E-state index contributed by atoms with van der Waals surface area (Å²) in [5.74, 6) is 0. The molecule has 0 amide bonds. The third kappa shape index (κ3) is 3.70. The van der Waals surface area contributed by atoms with Gasteiger partial charge in [-0.25, -0.2) is 8.78 Å². The Morgan fingerprint density at radius 3 is 2.27 bits per heavy atom. The summed E-state index contributed by atoms with van der Waals surface area (Å²) in [6.45, 7) is 5.96. The topological polar surface area (TPSA) is 15.8 Å². The summed E-state index contributed by atoms with van der Waals surface area (Å²) in [7, 11) is 0. The molecule has 1 rings (SSSR count). The second kappa shape index (κ2) is 7.97. The first kappa shape index (κ1) is 13.6. The Kier molecular flexibility index (Phi) is 7.24. The molecule has 84 valence electrons. The smallest absolute Gasteiger partial charge is 0.0887 e. The lowest BCUT2D eigenvalue weighted by molar-refractivity contribution is 0.726. The summed E-state index contributed by atoms with van der Waals surface area (Å²) in [5, 5.41) is 0. The zero-order chi connectivity index (χ0) is 11.7. The van der Waals surface area contributed by atoms with Gasteiger partial charge in [-0.3, -0.25) is 0 Å². The van der Waals surface area contributed by atoms with E-state index in [9.17, 15) is 8.78 Å². The van der Waals surface area contributed by atoms with E-state index in [2.05, 4.69) is 4.98 Å². The van der Waals surface area contributed by atoms with Crippen LogP contribution in [0.15, 0.2) is 18.9 Å². The number of nitrogens with one attached hydrogen (secondary N) is 1. The van der Waals surface area contributed by atoms with Crippen LogP contribution in [-0.2, 0) is 6.42 Å². The van der Waals surface area contributed by atoms with Gasteiger partial charge in [-0.1, -0.05) is 20.8 Å². The lowest BCUT2D eigenvalue weighted by atomic mass is 10.1. The predicted octanol–water partition coefficient (Wildman–Crippen LogP) is 4.48. The molecule has 0 bridgehead atoms. The number of halogens is 2. The number of aryl methyl sites for hydroxylation is 1. The molecule has 1 aromatic rings. The van der Waals surface area contributed by atoms with Gasteiger partial charge >= 0.3 is 0 Å². The van der Waals surface area contributed by atoms with Crippen molar-refractivity contribution in [1.29, 1.82) is 0 Å². The fraction of sp³-hybridized carbons (Fsp3) is 0.333. The van der Waals surface area contributed by atoms with Gasteiger partial charge in [-0.15, -0.1) is 0 Å². The molecule has 1 nitrogen and oxygen atoms in total. The fourth-order valence-corrected chi connectivity index (χ4v) is 1.25. The van der Waals surface area contributed by atoms with Crippen molar-refractivity contribution in [2.45, 2.75) is 27.2 Å². The Labute approximate surface area is 89.5 Å². The van der Waals surface area contributed by atoms with E-state index < -0.39 is 0 Å². The molecule has 0 aliphatic heterocycles. The normalized spacial score (nSPS) is 10.7. The van der Waals surface area contributed by atoms with Crippen LogP contribution in [0.2, 0.25) is 0 Å². The maximum absolute atomic E-state index is 12.0. The van der Waals surface area contributed by atoms with Gasteiger partial charge in [0.15, 0.2) is 0 Å². The van der Waals surface area contributed by atoms with E-state index in [-0.39, 0.29) is 0 Å². The molecule has 0 aliphatic carbocycles. The van der Waals surface area contributed by atoms with Gasteiger partial charge in [0.25, 0.3) is 0 Å². The number of hydrogen-bond acceptors (Lipinski definition) is 0. The van der Waals surface area contributed by atoms with Crippen molar-refractivity contribution in [2.75, 3.05) is 0 Å². The summed E-state index contributed by atoms with van der Waals surface area (Å²) >= 11 is 0. The molecule has 1 aromatic heterocycles. The molecule has 1 heterocycles. The molecule has 0 radical (unpaired) electrons. The molecule has 1 N–H and O–H groups in total. The van der Waals surface area contributed by atoms with Crippen molar-refractivity contribution in [1.82, 2.24) is 4.98 Å². The molecule has 0 unspecified atom stereocenters. The van der Waals surface area contributed by atoms with Crippen LogP contribution in [0.1, 0.15) is 37.6 Å². The minimum absolute atomic E-state index is 0.431. The second-order valence-corrected chi connectivity index (χ2v) is 2.58. The molecule has 15 heavy (non-hydrogen) atoms. The molecule has 0 spiro atoms. The summed E-state index contributed by atoms with van der Waals surface area (Å²) in [6, 6.07) is 0. The predicted molar refractivity (Wildman–Crippen MR) is 61.8 cm³/mol. The molecular formula is C12H17F2N. The highest BCUT2D eigenvalue weighted by atomic mass is 19.1. The van der Waals surface area contributed by atoms with Crippen LogP contribution in [0.25, 0.3) is 12.2 Å². The van der Waals surface area contributed by atoms with Gasteiger partial charge in [0.2, 0.25) is 0 Å². The molecule has 0 atom stereocenters. The van der Waals surface area contributed by atoms with Gasteiger partial charge in [0.1, 0.15) is 0 Å². The quantitative estimate of drug-likeness (QED) is 0.761. The molecule has 0 fully saturated rings. The van der Waals surface area contributed by atoms with Crippen LogP contribution in [0.4, 0.5) is 8.78 Å². The second-order valence-electron chi connectivity index (χ2n) is 2.58. The monoisotopic (exact) mass is 213 g/mol. The minimum Gasteiger partial charge on any atom is -0.361 e. The summed E-state index contributed by atoms with van der Waals surface area (Å²) < 4.78 is 23.9. The minimum atomic E-state index is 0.431. The largest absolute Gasteiger partial charge is 0.361 e. The highest BCUT2D eigenvalue weighted by Crippen LogP contribution is 2.18. The Balaban J connectivity index is 0.000000921. The van der Waals surface area contributed by atoms with Crippen molar-refractivity contribution >= 4 is 12.2 Å². The van der Waals surface area contributed by atoms with Crippen molar-refractivity contribution in [2.24, 2.45) is 0 Å². The zero-order valence-corrected chi connectivity index (χ0v) is 9.35.